The number of Topliss-reactive ketones (excluding diaryl/α,β-unsaturated/α-hetero) is 1. The highest BCUT2D eigenvalue weighted by Crippen LogP contribution is 2.21. The number of hydrogen-bond acceptors (Lipinski definition) is 13. The number of nitrogens with two attached hydrogens (primary N) is 2. The van der Waals surface area contributed by atoms with E-state index in [4.69, 9.17) is 11.5 Å². The van der Waals surface area contributed by atoms with E-state index in [2.05, 4.69) is 42.5 Å². The summed E-state index contributed by atoms with van der Waals surface area (Å²) in [5, 5.41) is 40.6. The predicted molar refractivity (Wildman–Crippen MR) is 258 cm³/mol. The molecule has 400 valence electrons. The number of carboxylic acid groups (broad SMARTS) is 1. The molecule has 0 aromatic carbocycles. The summed E-state index contributed by atoms with van der Waals surface area (Å²) in [5.74, 6) is -12.3. The predicted octanol–water partition coefficient (Wildman–Crippen LogP) is -1.36. The largest absolute Gasteiger partial charge is 0.481 e. The van der Waals surface area contributed by atoms with Crippen LogP contribution < -0.4 is 54.0 Å². The number of nitrogens with one attached hydrogen (secondary N) is 8. The average molecular weight is 1010 g/mol. The lowest BCUT2D eigenvalue weighted by atomic mass is 9.88. The summed E-state index contributed by atoms with van der Waals surface area (Å²) < 4.78 is 0. The number of aliphatic carboxylic acids is 1. The summed E-state index contributed by atoms with van der Waals surface area (Å²) in [5.41, 5.74) is 7.18. The molecule has 0 aromatic rings. The number of aliphatic hydroxyl groups is 1. The van der Waals surface area contributed by atoms with Crippen LogP contribution in [0.3, 0.4) is 0 Å². The van der Waals surface area contributed by atoms with E-state index in [1.54, 1.807) is 40.7 Å². The van der Waals surface area contributed by atoms with Gasteiger partial charge in [-0.15, -0.1) is 0 Å². The minimum Gasteiger partial charge on any atom is -0.481 e. The molecule has 24 heteroatoms. The second kappa shape index (κ2) is 29.7. The maximum absolute atomic E-state index is 14.5. The normalized spacial score (nSPS) is 24.9. The molecule has 0 spiro atoms. The van der Waals surface area contributed by atoms with Crippen molar-refractivity contribution in [2.45, 2.75) is 199 Å². The quantitative estimate of drug-likeness (QED) is 0.0592. The van der Waals surface area contributed by atoms with Crippen LogP contribution in [0.15, 0.2) is 12.2 Å². The first-order valence-electron chi connectivity index (χ1n) is 24.2. The van der Waals surface area contributed by atoms with Crippen LogP contribution in [0.25, 0.3) is 0 Å². The molecule has 1 heterocycles. The van der Waals surface area contributed by atoms with Crippen molar-refractivity contribution in [1.82, 2.24) is 42.5 Å². The SMILES string of the molecule is CCC(=O)[C@]1(C)CCC/C=C\CCC[C@](C)(NC(=O)[C@H](CC(=O)O)NC(=O)[C@@H](NC(=O)[C@H](C)NC(=O)CCC(N)=O)[C@@H](C)CC)C(=O)N[C@@H]([C@@H](C)CC)C(=O)N[C@@H]([C@@H](C)O)C(=O)N[C@@H](CC(N)=O)C(=O)N1. The lowest BCUT2D eigenvalue weighted by Gasteiger charge is -2.35. The van der Waals surface area contributed by atoms with E-state index in [9.17, 15) is 67.7 Å². The first-order valence-corrected chi connectivity index (χ1v) is 24.2. The molecule has 0 unspecified atom stereocenters. The molecule has 24 nitrogen and oxygen atoms in total. The number of ketones is 1. The number of rotatable bonds is 21. The van der Waals surface area contributed by atoms with E-state index < -0.39 is 143 Å². The zero-order valence-electron chi connectivity index (χ0n) is 42.5. The third-order valence-electron chi connectivity index (χ3n) is 12.6. The van der Waals surface area contributed by atoms with Crippen molar-refractivity contribution in [2.75, 3.05) is 0 Å². The molecule has 0 radical (unpaired) electrons. The molecule has 0 aromatic heterocycles. The molecular formula is C47H78N10O14. The maximum atomic E-state index is 14.5. The van der Waals surface area contributed by atoms with E-state index in [0.29, 0.717) is 25.7 Å². The van der Waals surface area contributed by atoms with Crippen molar-refractivity contribution < 1.29 is 67.7 Å². The highest BCUT2D eigenvalue weighted by Gasteiger charge is 2.42. The van der Waals surface area contributed by atoms with E-state index in [1.165, 1.54) is 27.7 Å². The molecule has 0 saturated heterocycles. The van der Waals surface area contributed by atoms with Crippen molar-refractivity contribution in [3.05, 3.63) is 12.2 Å². The van der Waals surface area contributed by atoms with Gasteiger partial charge >= 0.3 is 5.97 Å². The summed E-state index contributed by atoms with van der Waals surface area (Å²) in [4.78, 5) is 158. The number of carbonyl (C=O) groups excluding carboxylic acids is 11. The highest BCUT2D eigenvalue weighted by atomic mass is 16.4. The Morgan fingerprint density at radius 2 is 1.32 bits per heavy atom. The van der Waals surface area contributed by atoms with Gasteiger partial charge in [0.1, 0.15) is 41.8 Å². The Kier molecular flexibility index (Phi) is 26.1. The monoisotopic (exact) mass is 1010 g/mol. The van der Waals surface area contributed by atoms with Gasteiger partial charge in [-0.1, -0.05) is 59.6 Å². The Hall–Kier alpha value is -6.46. The van der Waals surface area contributed by atoms with Crippen LogP contribution in [0.4, 0.5) is 0 Å². The molecule has 1 aliphatic rings. The second-order valence-corrected chi connectivity index (χ2v) is 18.8. The smallest absolute Gasteiger partial charge is 0.305 e. The second-order valence-electron chi connectivity index (χ2n) is 18.8. The van der Waals surface area contributed by atoms with E-state index in [-0.39, 0.29) is 50.7 Å². The number of carbonyl (C=O) groups is 12. The van der Waals surface area contributed by atoms with E-state index in [0.717, 1.165) is 0 Å². The van der Waals surface area contributed by atoms with Gasteiger partial charge in [0, 0.05) is 19.3 Å². The molecule has 0 saturated carbocycles. The van der Waals surface area contributed by atoms with Crippen LogP contribution in [0.2, 0.25) is 0 Å². The minimum absolute atomic E-state index is 0.0409. The van der Waals surface area contributed by atoms with Crippen molar-refractivity contribution in [3.8, 4) is 0 Å². The molecule has 11 atom stereocenters. The summed E-state index contributed by atoms with van der Waals surface area (Å²) >= 11 is 0. The van der Waals surface area contributed by atoms with Gasteiger partial charge in [-0.2, -0.15) is 0 Å². The van der Waals surface area contributed by atoms with Gasteiger partial charge in [0.05, 0.1) is 24.5 Å². The van der Waals surface area contributed by atoms with Crippen molar-refractivity contribution in [2.24, 2.45) is 23.3 Å². The lowest BCUT2D eigenvalue weighted by molar-refractivity contribution is -0.143. The summed E-state index contributed by atoms with van der Waals surface area (Å²) in [7, 11) is 0. The molecule has 14 N–H and O–H groups in total. The van der Waals surface area contributed by atoms with E-state index >= 15 is 0 Å². The average Bonchev–Trinajstić information content (AvgIpc) is 3.29. The van der Waals surface area contributed by atoms with Gasteiger partial charge in [0.25, 0.3) is 0 Å². The van der Waals surface area contributed by atoms with Gasteiger partial charge in [-0.05, 0) is 78.1 Å². The third-order valence-corrected chi connectivity index (χ3v) is 12.6. The van der Waals surface area contributed by atoms with Gasteiger partial charge in [-0.25, -0.2) is 0 Å². The number of amides is 10. The first kappa shape index (κ1) is 62.6. The molecule has 0 aliphatic carbocycles. The zero-order chi connectivity index (χ0) is 54.4. The summed E-state index contributed by atoms with van der Waals surface area (Å²) in [6.07, 6.45) is 1.81. The Bertz CT molecular complexity index is 1980. The van der Waals surface area contributed by atoms with Crippen molar-refractivity contribution in [3.63, 3.8) is 0 Å². The first-order chi connectivity index (χ1) is 33.0. The minimum atomic E-state index is -1.92. The van der Waals surface area contributed by atoms with Gasteiger partial charge in [0.15, 0.2) is 5.78 Å². The van der Waals surface area contributed by atoms with Gasteiger partial charge < -0.3 is 64.2 Å². The standard InChI is InChI=1S/C47H78N10O14/c1-10-25(4)36(53-39(65)27(6)50-34(62)20-19-32(48)60)42(68)52-30(24-35(63)64)41(67)57-47(9)22-18-16-14-13-15-17-21-46(8,31(59)12-3)56-40(66)29(23-33(49)61)51-44(70)38(28(7)58)54-43(69)37(26(5)11-2)55-45(47)71/h13-14,25-30,36-38,58H,10-12,15-24H2,1-9H3,(H2,48,60)(H2,49,61)(H,50,62)(H,51,70)(H,52,68)(H,53,65)(H,54,69)(H,55,71)(H,56,66)(H,57,67)(H,63,64)/b14-13-/t25-,26-,27-,28+,29-,30-,36-,37-,38-,46-,47-/m0/s1. The topological polar surface area (TPSA) is 394 Å². The molecule has 71 heavy (non-hydrogen) atoms. The van der Waals surface area contributed by atoms with Crippen LogP contribution in [0.5, 0.6) is 0 Å². The molecule has 1 rings (SSSR count). The fourth-order valence-electron chi connectivity index (χ4n) is 7.56. The van der Waals surface area contributed by atoms with E-state index in [1.807, 2.05) is 6.08 Å². The van der Waals surface area contributed by atoms with Crippen molar-refractivity contribution >= 4 is 70.8 Å². The fourth-order valence-corrected chi connectivity index (χ4v) is 7.56. The van der Waals surface area contributed by atoms with Gasteiger partial charge in [-0.3, -0.25) is 57.5 Å². The molecule has 10 amide bonds. The molecule has 0 bridgehead atoms. The van der Waals surface area contributed by atoms with Crippen LogP contribution >= 0.6 is 0 Å². The number of hydrogen-bond donors (Lipinski definition) is 12. The highest BCUT2D eigenvalue weighted by molar-refractivity contribution is 6.01. The Labute approximate surface area is 414 Å². The fraction of sp³-hybridized carbons (Fsp3) is 0.702. The number of carboxylic acids is 1. The number of allylic oxidation sites excluding steroid dienone is 2. The third kappa shape index (κ3) is 20.8. The Balaban J connectivity index is 3.75. The van der Waals surface area contributed by atoms with Crippen LogP contribution in [0.1, 0.15) is 146 Å². The number of primary amides is 2. The molecule has 1 aliphatic heterocycles. The van der Waals surface area contributed by atoms with Crippen LogP contribution in [-0.2, 0) is 57.5 Å². The summed E-state index contributed by atoms with van der Waals surface area (Å²) in [6, 6.07) is -9.22. The van der Waals surface area contributed by atoms with Crippen molar-refractivity contribution in [1.29, 1.82) is 0 Å². The molecule has 0 fully saturated rings. The maximum Gasteiger partial charge on any atom is 0.305 e. The van der Waals surface area contributed by atoms with Crippen LogP contribution in [-0.4, -0.2) is 134 Å². The summed E-state index contributed by atoms with van der Waals surface area (Å²) in [6.45, 7) is 13.6. The zero-order valence-corrected chi connectivity index (χ0v) is 42.5. The molecular weight excluding hydrogens is 929 g/mol. The Morgan fingerprint density at radius 1 is 0.732 bits per heavy atom. The Morgan fingerprint density at radius 3 is 1.85 bits per heavy atom. The number of aliphatic hydroxyl groups excluding tert-OH is 1. The van der Waals surface area contributed by atoms with Gasteiger partial charge in [0.2, 0.25) is 59.1 Å². The van der Waals surface area contributed by atoms with Crippen LogP contribution in [0, 0.1) is 11.8 Å². The lowest BCUT2D eigenvalue weighted by Crippen LogP contribution is -2.66.